The van der Waals surface area contributed by atoms with E-state index in [1.54, 1.807) is 12.3 Å². The fourth-order valence-electron chi connectivity index (χ4n) is 2.35. The molecular formula is C16H17N3O2S2. The fraction of sp³-hybridized carbons (Fsp3) is 0.250. The Morgan fingerprint density at radius 1 is 1.22 bits per heavy atom. The molecular weight excluding hydrogens is 330 g/mol. The Balaban J connectivity index is 2.02. The lowest BCUT2D eigenvalue weighted by molar-refractivity contribution is 0.600. The van der Waals surface area contributed by atoms with Gasteiger partial charge in [-0.15, -0.1) is 0 Å². The topological polar surface area (TPSA) is 72.0 Å². The van der Waals surface area contributed by atoms with Gasteiger partial charge in [0.2, 0.25) is 10.0 Å². The van der Waals surface area contributed by atoms with Gasteiger partial charge < -0.3 is 0 Å². The van der Waals surface area contributed by atoms with E-state index in [4.69, 9.17) is 0 Å². The summed E-state index contributed by atoms with van der Waals surface area (Å²) in [5.74, 6) is 0.113. The molecule has 0 radical (unpaired) electrons. The Morgan fingerprint density at radius 3 is 2.78 bits per heavy atom. The number of anilines is 1. The highest BCUT2D eigenvalue weighted by molar-refractivity contribution is 7.92. The zero-order valence-corrected chi connectivity index (χ0v) is 14.5. The monoisotopic (exact) mass is 347 g/mol. The molecule has 0 unspecified atom stereocenters. The molecule has 0 aliphatic carbocycles. The number of nitrogens with one attached hydrogen (secondary N) is 1. The van der Waals surface area contributed by atoms with Crippen LogP contribution in [-0.4, -0.2) is 24.1 Å². The van der Waals surface area contributed by atoms with Crippen LogP contribution in [0, 0.1) is 6.92 Å². The first-order valence-corrected chi connectivity index (χ1v) is 9.79. The molecule has 2 heterocycles. The molecule has 2 aromatic heterocycles. The van der Waals surface area contributed by atoms with Crippen LogP contribution in [0.2, 0.25) is 0 Å². The van der Waals surface area contributed by atoms with Gasteiger partial charge in [0.15, 0.2) is 0 Å². The quantitative estimate of drug-likeness (QED) is 0.761. The van der Waals surface area contributed by atoms with Crippen molar-refractivity contribution in [1.82, 2.24) is 9.97 Å². The number of hydrogen-bond acceptors (Lipinski definition) is 5. The standard InChI is InChI=1S/C16H17N3O2S2/c1-3-10-23(20,21)19-13-7-4-6-12(11(13)2)15-18-14-8-5-9-17-16(14)22-15/h4-9,19H,3,10H2,1-2H3. The summed E-state index contributed by atoms with van der Waals surface area (Å²) in [7, 11) is -3.31. The first-order chi connectivity index (χ1) is 11.0. The van der Waals surface area contributed by atoms with Crippen LogP contribution < -0.4 is 4.72 Å². The van der Waals surface area contributed by atoms with Gasteiger partial charge in [-0.2, -0.15) is 0 Å². The molecule has 7 heteroatoms. The summed E-state index contributed by atoms with van der Waals surface area (Å²) in [4.78, 5) is 9.78. The molecule has 120 valence electrons. The number of rotatable bonds is 5. The number of pyridine rings is 1. The van der Waals surface area contributed by atoms with Gasteiger partial charge in [0.1, 0.15) is 15.4 Å². The zero-order chi connectivity index (χ0) is 16.4. The van der Waals surface area contributed by atoms with Crippen molar-refractivity contribution in [2.75, 3.05) is 10.5 Å². The molecule has 0 amide bonds. The minimum absolute atomic E-state index is 0.113. The molecule has 5 nitrogen and oxygen atoms in total. The van der Waals surface area contributed by atoms with Crippen molar-refractivity contribution in [3.8, 4) is 10.6 Å². The van der Waals surface area contributed by atoms with E-state index in [1.807, 2.05) is 38.1 Å². The van der Waals surface area contributed by atoms with E-state index in [2.05, 4.69) is 14.7 Å². The van der Waals surface area contributed by atoms with Gasteiger partial charge in [-0.25, -0.2) is 18.4 Å². The van der Waals surface area contributed by atoms with Crippen LogP contribution in [0.15, 0.2) is 36.5 Å². The number of nitrogens with zero attached hydrogens (tertiary/aromatic N) is 2. The second-order valence-electron chi connectivity index (χ2n) is 5.25. The van der Waals surface area contributed by atoms with Crippen molar-refractivity contribution in [3.05, 3.63) is 42.1 Å². The lowest BCUT2D eigenvalue weighted by atomic mass is 10.1. The van der Waals surface area contributed by atoms with Crippen molar-refractivity contribution in [2.45, 2.75) is 20.3 Å². The van der Waals surface area contributed by atoms with Gasteiger partial charge in [-0.1, -0.05) is 30.4 Å². The molecule has 0 atom stereocenters. The summed E-state index contributed by atoms with van der Waals surface area (Å²) < 4.78 is 26.7. The zero-order valence-electron chi connectivity index (χ0n) is 12.9. The molecule has 0 bridgehead atoms. The van der Waals surface area contributed by atoms with E-state index in [0.29, 0.717) is 12.1 Å². The second-order valence-corrected chi connectivity index (χ2v) is 8.07. The molecule has 1 N–H and O–H groups in total. The van der Waals surface area contributed by atoms with E-state index in [0.717, 1.165) is 26.5 Å². The largest absolute Gasteiger partial charge is 0.283 e. The van der Waals surface area contributed by atoms with Gasteiger partial charge in [0.25, 0.3) is 0 Å². The van der Waals surface area contributed by atoms with E-state index < -0.39 is 10.0 Å². The van der Waals surface area contributed by atoms with Crippen molar-refractivity contribution in [3.63, 3.8) is 0 Å². The minimum Gasteiger partial charge on any atom is -0.283 e. The molecule has 0 saturated heterocycles. The van der Waals surface area contributed by atoms with Gasteiger partial charge in [0.05, 0.1) is 11.4 Å². The third-order valence-electron chi connectivity index (χ3n) is 3.47. The second kappa shape index (κ2) is 6.25. The first kappa shape index (κ1) is 15.9. The highest BCUT2D eigenvalue weighted by atomic mass is 32.2. The van der Waals surface area contributed by atoms with Crippen molar-refractivity contribution >= 4 is 37.4 Å². The Bertz CT molecular complexity index is 916. The summed E-state index contributed by atoms with van der Waals surface area (Å²) in [5.41, 5.74) is 3.24. The fourth-order valence-corrected chi connectivity index (χ4v) is 4.54. The van der Waals surface area contributed by atoms with E-state index in [-0.39, 0.29) is 5.75 Å². The lowest BCUT2D eigenvalue weighted by Gasteiger charge is -2.12. The van der Waals surface area contributed by atoms with Gasteiger partial charge in [0, 0.05) is 11.8 Å². The number of benzene rings is 1. The highest BCUT2D eigenvalue weighted by Crippen LogP contribution is 2.33. The molecule has 0 fully saturated rings. The average Bonchev–Trinajstić information content (AvgIpc) is 2.92. The molecule has 3 rings (SSSR count). The third kappa shape index (κ3) is 3.35. The maximum atomic E-state index is 12.0. The normalized spacial score (nSPS) is 11.7. The van der Waals surface area contributed by atoms with Gasteiger partial charge in [-0.05, 0) is 37.1 Å². The Hall–Kier alpha value is -1.99. The summed E-state index contributed by atoms with van der Waals surface area (Å²) in [6.45, 7) is 3.75. The van der Waals surface area contributed by atoms with Crippen LogP contribution >= 0.6 is 11.3 Å². The van der Waals surface area contributed by atoms with Crippen LogP contribution in [0.3, 0.4) is 0 Å². The number of sulfonamides is 1. The van der Waals surface area contributed by atoms with E-state index in [1.165, 1.54) is 11.3 Å². The molecule has 0 aliphatic heterocycles. The van der Waals surface area contributed by atoms with Gasteiger partial charge in [-0.3, -0.25) is 4.72 Å². The molecule has 3 aromatic rings. The Morgan fingerprint density at radius 2 is 2.04 bits per heavy atom. The van der Waals surface area contributed by atoms with Crippen LogP contribution in [0.5, 0.6) is 0 Å². The average molecular weight is 347 g/mol. The number of hydrogen-bond donors (Lipinski definition) is 1. The summed E-state index contributed by atoms with van der Waals surface area (Å²) in [6.07, 6.45) is 2.32. The Labute approximate surface area is 139 Å². The number of aromatic nitrogens is 2. The lowest BCUT2D eigenvalue weighted by Crippen LogP contribution is -2.16. The van der Waals surface area contributed by atoms with Crippen molar-refractivity contribution < 1.29 is 8.42 Å². The maximum Gasteiger partial charge on any atom is 0.232 e. The number of fused-ring (bicyclic) bond motifs is 1. The minimum atomic E-state index is -3.31. The number of thiazole rings is 1. The SMILES string of the molecule is CCCS(=O)(=O)Nc1cccc(-c2nc3cccnc3s2)c1C. The third-order valence-corrected chi connectivity index (χ3v) is 5.96. The van der Waals surface area contributed by atoms with Crippen molar-refractivity contribution in [2.24, 2.45) is 0 Å². The van der Waals surface area contributed by atoms with Gasteiger partial charge >= 0.3 is 0 Å². The van der Waals surface area contributed by atoms with E-state index in [9.17, 15) is 8.42 Å². The van der Waals surface area contributed by atoms with Crippen LogP contribution in [-0.2, 0) is 10.0 Å². The summed E-state index contributed by atoms with van der Waals surface area (Å²) in [6, 6.07) is 9.34. The van der Waals surface area contributed by atoms with Crippen LogP contribution in [0.1, 0.15) is 18.9 Å². The summed E-state index contributed by atoms with van der Waals surface area (Å²) in [5, 5.41) is 0.840. The molecule has 0 saturated carbocycles. The molecule has 0 aliphatic rings. The van der Waals surface area contributed by atoms with E-state index >= 15 is 0 Å². The molecule has 1 aromatic carbocycles. The van der Waals surface area contributed by atoms with Crippen molar-refractivity contribution in [1.29, 1.82) is 0 Å². The van der Waals surface area contributed by atoms with Crippen LogP contribution in [0.4, 0.5) is 5.69 Å². The predicted octanol–water partition coefficient (Wildman–Crippen LogP) is 3.82. The summed E-state index contributed by atoms with van der Waals surface area (Å²) >= 11 is 1.50. The smallest absolute Gasteiger partial charge is 0.232 e. The van der Waals surface area contributed by atoms with Crippen LogP contribution in [0.25, 0.3) is 20.9 Å². The first-order valence-electron chi connectivity index (χ1n) is 7.32. The predicted molar refractivity (Wildman–Crippen MR) is 95.3 cm³/mol. The maximum absolute atomic E-state index is 12.0. The Kier molecular flexibility index (Phi) is 4.32. The molecule has 23 heavy (non-hydrogen) atoms. The molecule has 0 spiro atoms. The highest BCUT2D eigenvalue weighted by Gasteiger charge is 2.15.